The zero-order valence-corrected chi connectivity index (χ0v) is 11.4. The smallest absolute Gasteiger partial charge is 0.354 e. The van der Waals surface area contributed by atoms with Crippen molar-refractivity contribution in [3.05, 3.63) is 71.7 Å². The molecule has 2 aromatic rings. The minimum atomic E-state index is -0.622. The Balaban J connectivity index is 2.24. The molecule has 0 radical (unpaired) electrons. The number of nitrogens with one attached hydrogen (secondary N) is 1. The van der Waals surface area contributed by atoms with Gasteiger partial charge in [0.05, 0.1) is 7.11 Å². The summed E-state index contributed by atoms with van der Waals surface area (Å²) >= 11 is 0. The molecule has 5 heteroatoms. The van der Waals surface area contributed by atoms with Crippen LogP contribution in [0.4, 0.5) is 0 Å². The number of benzene rings is 1. The monoisotopic (exact) mass is 282 g/mol. The molecule has 0 aliphatic carbocycles. The van der Waals surface area contributed by atoms with Crippen molar-refractivity contribution in [2.24, 2.45) is 0 Å². The topological polar surface area (TPSA) is 68.3 Å². The predicted molar refractivity (Wildman–Crippen MR) is 78.1 cm³/mol. The SMILES string of the molecule is COC(=O)/C(=C/c1cccnc1)NC(=O)c1ccccc1. The summed E-state index contributed by atoms with van der Waals surface area (Å²) in [7, 11) is 1.26. The lowest BCUT2D eigenvalue weighted by Crippen LogP contribution is -2.28. The predicted octanol–water partition coefficient (Wildman–Crippen LogP) is 2.03. The second-order valence-corrected chi connectivity index (χ2v) is 4.16. The summed E-state index contributed by atoms with van der Waals surface area (Å²) in [6.07, 6.45) is 4.72. The van der Waals surface area contributed by atoms with E-state index in [1.807, 2.05) is 6.07 Å². The van der Waals surface area contributed by atoms with Crippen molar-refractivity contribution >= 4 is 18.0 Å². The molecule has 0 saturated heterocycles. The number of carbonyl (C=O) groups excluding carboxylic acids is 2. The molecule has 0 saturated carbocycles. The number of ether oxygens (including phenoxy) is 1. The first kappa shape index (κ1) is 14.5. The summed E-state index contributed by atoms with van der Waals surface area (Å²) in [5.41, 5.74) is 1.20. The number of hydrogen-bond acceptors (Lipinski definition) is 4. The highest BCUT2D eigenvalue weighted by Crippen LogP contribution is 2.06. The molecule has 1 N–H and O–H groups in total. The highest BCUT2D eigenvalue weighted by Gasteiger charge is 2.14. The third-order valence-electron chi connectivity index (χ3n) is 2.68. The van der Waals surface area contributed by atoms with Crippen LogP contribution in [0.5, 0.6) is 0 Å². The maximum Gasteiger partial charge on any atom is 0.354 e. The molecule has 0 aliphatic heterocycles. The van der Waals surface area contributed by atoms with Crippen molar-refractivity contribution < 1.29 is 14.3 Å². The number of esters is 1. The molecule has 0 unspecified atom stereocenters. The van der Waals surface area contributed by atoms with Crippen LogP contribution in [0.25, 0.3) is 6.08 Å². The number of hydrogen-bond donors (Lipinski definition) is 1. The maximum atomic E-state index is 12.1. The molecule has 0 fully saturated rings. The molecule has 0 spiro atoms. The van der Waals surface area contributed by atoms with Crippen molar-refractivity contribution in [3.63, 3.8) is 0 Å². The lowest BCUT2D eigenvalue weighted by Gasteiger charge is -2.08. The Kier molecular flexibility index (Phi) is 4.82. The first-order valence-electron chi connectivity index (χ1n) is 6.27. The van der Waals surface area contributed by atoms with Gasteiger partial charge in [0.1, 0.15) is 5.70 Å². The largest absolute Gasteiger partial charge is 0.464 e. The average molecular weight is 282 g/mol. The van der Waals surface area contributed by atoms with Gasteiger partial charge in [-0.3, -0.25) is 9.78 Å². The van der Waals surface area contributed by atoms with Crippen LogP contribution in [-0.2, 0) is 9.53 Å². The van der Waals surface area contributed by atoms with E-state index < -0.39 is 5.97 Å². The van der Waals surface area contributed by atoms with Gasteiger partial charge in [-0.2, -0.15) is 0 Å². The molecule has 0 aliphatic rings. The van der Waals surface area contributed by atoms with Crippen LogP contribution >= 0.6 is 0 Å². The zero-order valence-electron chi connectivity index (χ0n) is 11.4. The lowest BCUT2D eigenvalue weighted by molar-refractivity contribution is -0.136. The van der Waals surface area contributed by atoms with Gasteiger partial charge in [-0.25, -0.2) is 4.79 Å². The Morgan fingerprint density at radius 1 is 1.14 bits per heavy atom. The normalized spacial score (nSPS) is 10.8. The Labute approximate surface area is 122 Å². The van der Waals surface area contributed by atoms with Crippen molar-refractivity contribution in [1.29, 1.82) is 0 Å². The van der Waals surface area contributed by atoms with Crippen LogP contribution in [0.15, 0.2) is 60.6 Å². The van der Waals surface area contributed by atoms with Crippen LogP contribution in [-0.4, -0.2) is 24.0 Å². The van der Waals surface area contributed by atoms with Crippen molar-refractivity contribution in [2.75, 3.05) is 7.11 Å². The summed E-state index contributed by atoms with van der Waals surface area (Å²) in [6, 6.07) is 12.1. The van der Waals surface area contributed by atoms with E-state index in [0.717, 1.165) is 0 Å². The van der Waals surface area contributed by atoms with Gasteiger partial charge in [-0.05, 0) is 29.8 Å². The minimum absolute atomic E-state index is 0.0550. The number of nitrogens with zero attached hydrogens (tertiary/aromatic N) is 1. The summed E-state index contributed by atoms with van der Waals surface area (Å²) in [5, 5.41) is 2.55. The average Bonchev–Trinajstić information content (AvgIpc) is 2.55. The first-order chi connectivity index (χ1) is 10.2. The van der Waals surface area contributed by atoms with E-state index in [-0.39, 0.29) is 11.6 Å². The van der Waals surface area contributed by atoms with Crippen LogP contribution in [0.1, 0.15) is 15.9 Å². The number of aromatic nitrogens is 1. The zero-order chi connectivity index (χ0) is 15.1. The lowest BCUT2D eigenvalue weighted by atomic mass is 10.2. The summed E-state index contributed by atoms with van der Waals surface area (Å²) in [5.74, 6) is -1.00. The number of carbonyl (C=O) groups is 2. The van der Waals surface area contributed by atoms with Gasteiger partial charge >= 0.3 is 5.97 Å². The van der Waals surface area contributed by atoms with Crippen molar-refractivity contribution in [1.82, 2.24) is 10.3 Å². The number of methoxy groups -OCH3 is 1. The fraction of sp³-hybridized carbons (Fsp3) is 0.0625. The molecule has 106 valence electrons. The minimum Gasteiger partial charge on any atom is -0.464 e. The second kappa shape index (κ2) is 7.00. The fourth-order valence-electron chi connectivity index (χ4n) is 1.67. The number of rotatable bonds is 4. The van der Waals surface area contributed by atoms with E-state index in [1.165, 1.54) is 13.2 Å². The number of amides is 1. The second-order valence-electron chi connectivity index (χ2n) is 4.16. The Bertz CT molecular complexity index is 652. The standard InChI is InChI=1S/C16H14N2O3/c1-21-16(20)14(10-12-6-5-9-17-11-12)18-15(19)13-7-3-2-4-8-13/h2-11H,1H3,(H,18,19)/b14-10-. The van der Waals surface area contributed by atoms with Crippen LogP contribution < -0.4 is 5.32 Å². The molecule has 2 rings (SSSR count). The van der Waals surface area contributed by atoms with Gasteiger partial charge < -0.3 is 10.1 Å². The Morgan fingerprint density at radius 3 is 2.52 bits per heavy atom. The molecule has 1 aromatic heterocycles. The van der Waals surface area contributed by atoms with E-state index in [9.17, 15) is 9.59 Å². The molecular weight excluding hydrogens is 268 g/mol. The first-order valence-corrected chi connectivity index (χ1v) is 6.27. The Morgan fingerprint density at radius 2 is 1.90 bits per heavy atom. The Hall–Kier alpha value is -2.95. The van der Waals surface area contributed by atoms with Gasteiger partial charge in [0.25, 0.3) is 5.91 Å². The van der Waals surface area contributed by atoms with Gasteiger partial charge in [0.15, 0.2) is 0 Å². The van der Waals surface area contributed by atoms with E-state index in [1.54, 1.807) is 48.8 Å². The highest BCUT2D eigenvalue weighted by molar-refractivity contribution is 6.03. The molecule has 0 bridgehead atoms. The third kappa shape index (κ3) is 4.01. The molecule has 0 atom stereocenters. The summed E-state index contributed by atoms with van der Waals surface area (Å²) < 4.78 is 4.68. The third-order valence-corrected chi connectivity index (χ3v) is 2.68. The summed E-state index contributed by atoms with van der Waals surface area (Å²) in [4.78, 5) is 27.8. The van der Waals surface area contributed by atoms with E-state index >= 15 is 0 Å². The quantitative estimate of drug-likeness (QED) is 0.688. The molecule has 5 nitrogen and oxygen atoms in total. The van der Waals surface area contributed by atoms with Crippen LogP contribution in [0.2, 0.25) is 0 Å². The van der Waals surface area contributed by atoms with Crippen LogP contribution in [0, 0.1) is 0 Å². The molecule has 1 aromatic carbocycles. The summed E-state index contributed by atoms with van der Waals surface area (Å²) in [6.45, 7) is 0. The molecule has 1 amide bonds. The maximum absolute atomic E-state index is 12.1. The molecular formula is C16H14N2O3. The van der Waals surface area contributed by atoms with Crippen molar-refractivity contribution in [2.45, 2.75) is 0 Å². The van der Waals surface area contributed by atoms with Crippen molar-refractivity contribution in [3.8, 4) is 0 Å². The van der Waals surface area contributed by atoms with E-state index in [2.05, 4.69) is 15.0 Å². The molecule has 21 heavy (non-hydrogen) atoms. The molecule has 1 heterocycles. The van der Waals surface area contributed by atoms with Gasteiger partial charge in [0, 0.05) is 18.0 Å². The van der Waals surface area contributed by atoms with E-state index in [4.69, 9.17) is 0 Å². The number of pyridine rings is 1. The van der Waals surface area contributed by atoms with Gasteiger partial charge in [-0.15, -0.1) is 0 Å². The highest BCUT2D eigenvalue weighted by atomic mass is 16.5. The van der Waals surface area contributed by atoms with E-state index in [0.29, 0.717) is 11.1 Å². The fourth-order valence-corrected chi connectivity index (χ4v) is 1.67. The van der Waals surface area contributed by atoms with Crippen LogP contribution in [0.3, 0.4) is 0 Å². The van der Waals surface area contributed by atoms with Gasteiger partial charge in [-0.1, -0.05) is 24.3 Å². The van der Waals surface area contributed by atoms with Gasteiger partial charge in [0.2, 0.25) is 0 Å².